The van der Waals surface area contributed by atoms with Crippen LogP contribution in [0, 0.1) is 0 Å². The number of hydrogen-bond acceptors (Lipinski definition) is 5. The van der Waals surface area contributed by atoms with Crippen molar-refractivity contribution < 1.29 is 4.42 Å². The molecule has 21 heavy (non-hydrogen) atoms. The highest BCUT2D eigenvalue weighted by Gasteiger charge is 2.29. The number of pyridine rings is 1. The molecule has 5 heteroatoms. The Balaban J connectivity index is 1.66. The first-order valence-electron chi connectivity index (χ1n) is 7.00. The Kier molecular flexibility index (Phi) is 2.23. The van der Waals surface area contributed by atoms with Gasteiger partial charge >= 0.3 is 0 Å². The van der Waals surface area contributed by atoms with E-state index in [4.69, 9.17) is 9.40 Å². The zero-order valence-corrected chi connectivity index (χ0v) is 11.9. The third-order valence-corrected chi connectivity index (χ3v) is 4.82. The quantitative estimate of drug-likeness (QED) is 0.550. The summed E-state index contributed by atoms with van der Waals surface area (Å²) >= 11 is 1.60. The molecule has 3 aromatic heterocycles. The van der Waals surface area contributed by atoms with E-state index in [1.807, 2.05) is 18.2 Å². The number of nitrogens with zero attached hydrogens (tertiary/aromatic N) is 3. The molecule has 1 saturated carbocycles. The Morgan fingerprint density at radius 1 is 1.05 bits per heavy atom. The van der Waals surface area contributed by atoms with Crippen LogP contribution in [0.3, 0.4) is 0 Å². The van der Waals surface area contributed by atoms with Gasteiger partial charge in [0.15, 0.2) is 0 Å². The maximum absolute atomic E-state index is 5.78. The molecule has 5 rings (SSSR count). The summed E-state index contributed by atoms with van der Waals surface area (Å²) in [5.74, 6) is 1.88. The first-order chi connectivity index (χ1) is 10.4. The summed E-state index contributed by atoms with van der Waals surface area (Å²) in [5, 5.41) is 10.6. The highest BCUT2D eigenvalue weighted by atomic mass is 32.1. The average Bonchev–Trinajstić information content (AvgIpc) is 3.10. The van der Waals surface area contributed by atoms with Gasteiger partial charge in [0.2, 0.25) is 5.89 Å². The zero-order valence-electron chi connectivity index (χ0n) is 11.1. The fourth-order valence-corrected chi connectivity index (χ4v) is 3.45. The number of aromatic nitrogens is 3. The van der Waals surface area contributed by atoms with Crippen LogP contribution in [0.15, 0.2) is 40.8 Å². The SMILES string of the molecule is c1ccc2nc3sc(-c4nnc(C5CC5)o4)cc3cc2c1. The van der Waals surface area contributed by atoms with E-state index in [2.05, 4.69) is 28.4 Å². The second-order valence-electron chi connectivity index (χ2n) is 5.41. The molecule has 0 N–H and O–H groups in total. The number of thiophene rings is 1. The first kappa shape index (κ1) is 11.4. The van der Waals surface area contributed by atoms with Gasteiger partial charge in [-0.15, -0.1) is 21.5 Å². The monoisotopic (exact) mass is 293 g/mol. The first-order valence-corrected chi connectivity index (χ1v) is 7.81. The molecule has 4 aromatic rings. The van der Waals surface area contributed by atoms with Crippen LogP contribution in [0.2, 0.25) is 0 Å². The Morgan fingerprint density at radius 2 is 1.95 bits per heavy atom. The summed E-state index contributed by atoms with van der Waals surface area (Å²) in [6.45, 7) is 0. The van der Waals surface area contributed by atoms with Gasteiger partial charge in [0.1, 0.15) is 4.83 Å². The Morgan fingerprint density at radius 3 is 2.86 bits per heavy atom. The summed E-state index contributed by atoms with van der Waals surface area (Å²) in [6, 6.07) is 12.4. The Bertz CT molecular complexity index is 915. The van der Waals surface area contributed by atoms with E-state index >= 15 is 0 Å². The molecule has 0 bridgehead atoms. The lowest BCUT2D eigenvalue weighted by Gasteiger charge is -1.95. The molecule has 1 aliphatic carbocycles. The number of para-hydroxylation sites is 1. The third-order valence-electron chi connectivity index (χ3n) is 3.79. The maximum Gasteiger partial charge on any atom is 0.257 e. The van der Waals surface area contributed by atoms with Crippen LogP contribution in [0.25, 0.3) is 31.9 Å². The van der Waals surface area contributed by atoms with E-state index in [1.165, 1.54) is 12.8 Å². The minimum absolute atomic E-state index is 0.487. The van der Waals surface area contributed by atoms with E-state index in [0.29, 0.717) is 11.8 Å². The Labute approximate surface area is 124 Å². The molecule has 0 saturated heterocycles. The number of hydrogen-bond donors (Lipinski definition) is 0. The fraction of sp³-hybridized carbons (Fsp3) is 0.188. The van der Waals surface area contributed by atoms with Crippen LogP contribution in [0.1, 0.15) is 24.7 Å². The number of rotatable bonds is 2. The van der Waals surface area contributed by atoms with Gasteiger partial charge in [-0.25, -0.2) is 4.98 Å². The summed E-state index contributed by atoms with van der Waals surface area (Å²) < 4.78 is 5.78. The molecular formula is C16H11N3OS. The molecule has 102 valence electrons. The average molecular weight is 293 g/mol. The van der Waals surface area contributed by atoms with Gasteiger partial charge in [-0.05, 0) is 31.0 Å². The highest BCUT2D eigenvalue weighted by molar-refractivity contribution is 7.21. The van der Waals surface area contributed by atoms with Crippen molar-refractivity contribution in [2.24, 2.45) is 0 Å². The van der Waals surface area contributed by atoms with Crippen molar-refractivity contribution in [2.45, 2.75) is 18.8 Å². The van der Waals surface area contributed by atoms with E-state index in [1.54, 1.807) is 11.3 Å². The van der Waals surface area contributed by atoms with E-state index in [-0.39, 0.29) is 0 Å². The molecule has 1 aromatic carbocycles. The molecule has 0 amide bonds. The van der Waals surface area contributed by atoms with Crippen LogP contribution in [-0.4, -0.2) is 15.2 Å². The molecule has 0 atom stereocenters. The van der Waals surface area contributed by atoms with Gasteiger partial charge in [-0.1, -0.05) is 18.2 Å². The van der Waals surface area contributed by atoms with E-state index in [9.17, 15) is 0 Å². The van der Waals surface area contributed by atoms with Gasteiger partial charge < -0.3 is 4.42 Å². The minimum atomic E-state index is 0.487. The number of fused-ring (bicyclic) bond motifs is 2. The zero-order chi connectivity index (χ0) is 13.8. The van der Waals surface area contributed by atoms with Gasteiger partial charge in [0, 0.05) is 16.7 Å². The summed E-state index contributed by atoms with van der Waals surface area (Å²) in [7, 11) is 0. The van der Waals surface area contributed by atoms with E-state index < -0.39 is 0 Å². The lowest BCUT2D eigenvalue weighted by Crippen LogP contribution is -1.76. The molecule has 0 unspecified atom stereocenters. The summed E-state index contributed by atoms with van der Waals surface area (Å²) in [6.07, 6.45) is 2.34. The predicted molar refractivity (Wildman–Crippen MR) is 82.4 cm³/mol. The standard InChI is InChI=1S/C16H11N3OS/c1-2-4-12-10(3-1)7-11-8-13(21-16(11)17-12)15-19-18-14(20-15)9-5-6-9/h1-4,7-9H,5-6H2. The smallest absolute Gasteiger partial charge is 0.257 e. The third kappa shape index (κ3) is 1.85. The molecular weight excluding hydrogens is 282 g/mol. The normalized spacial score (nSPS) is 15.0. The second kappa shape index (κ2) is 4.11. The lowest BCUT2D eigenvalue weighted by molar-refractivity contribution is 0.509. The molecule has 1 aliphatic rings. The van der Waals surface area contributed by atoms with Crippen LogP contribution >= 0.6 is 11.3 Å². The van der Waals surface area contributed by atoms with Gasteiger partial charge in [-0.3, -0.25) is 0 Å². The van der Waals surface area contributed by atoms with Gasteiger partial charge in [0.05, 0.1) is 10.4 Å². The largest absolute Gasteiger partial charge is 0.420 e. The molecule has 4 nitrogen and oxygen atoms in total. The van der Waals surface area contributed by atoms with E-state index in [0.717, 1.165) is 31.9 Å². The number of benzene rings is 1. The predicted octanol–water partition coefficient (Wildman–Crippen LogP) is 4.38. The van der Waals surface area contributed by atoms with Crippen LogP contribution in [0.5, 0.6) is 0 Å². The summed E-state index contributed by atoms with van der Waals surface area (Å²) in [5.41, 5.74) is 1.02. The van der Waals surface area contributed by atoms with Crippen molar-refractivity contribution in [3.8, 4) is 10.8 Å². The van der Waals surface area contributed by atoms with Crippen LogP contribution in [-0.2, 0) is 0 Å². The second-order valence-corrected chi connectivity index (χ2v) is 6.44. The summed E-state index contributed by atoms with van der Waals surface area (Å²) in [4.78, 5) is 6.71. The maximum atomic E-state index is 5.78. The van der Waals surface area contributed by atoms with Crippen molar-refractivity contribution in [3.05, 3.63) is 42.3 Å². The van der Waals surface area contributed by atoms with Crippen molar-refractivity contribution >= 4 is 32.5 Å². The minimum Gasteiger partial charge on any atom is -0.420 e. The molecule has 0 radical (unpaired) electrons. The fourth-order valence-electron chi connectivity index (χ4n) is 2.51. The molecule has 0 spiro atoms. The Hall–Kier alpha value is -2.27. The van der Waals surface area contributed by atoms with Crippen molar-refractivity contribution in [1.82, 2.24) is 15.2 Å². The van der Waals surface area contributed by atoms with Crippen molar-refractivity contribution in [1.29, 1.82) is 0 Å². The van der Waals surface area contributed by atoms with Crippen LogP contribution in [0.4, 0.5) is 0 Å². The van der Waals surface area contributed by atoms with Crippen LogP contribution < -0.4 is 0 Å². The highest BCUT2D eigenvalue weighted by Crippen LogP contribution is 2.41. The van der Waals surface area contributed by atoms with Gasteiger partial charge in [0.25, 0.3) is 5.89 Å². The van der Waals surface area contributed by atoms with Crippen molar-refractivity contribution in [2.75, 3.05) is 0 Å². The van der Waals surface area contributed by atoms with Gasteiger partial charge in [-0.2, -0.15) is 0 Å². The topological polar surface area (TPSA) is 51.8 Å². The molecule has 1 fully saturated rings. The molecule has 3 heterocycles. The molecule has 0 aliphatic heterocycles. The lowest BCUT2D eigenvalue weighted by atomic mass is 10.2. The van der Waals surface area contributed by atoms with Crippen molar-refractivity contribution in [3.63, 3.8) is 0 Å².